The molecule has 0 unspecified atom stereocenters. The second kappa shape index (κ2) is 7.51. The smallest absolute Gasteiger partial charge is 0.176 e. The van der Waals surface area contributed by atoms with Crippen LogP contribution in [0.1, 0.15) is 30.6 Å². The number of benzene rings is 1. The van der Waals surface area contributed by atoms with Gasteiger partial charge in [-0.1, -0.05) is 13.8 Å². The quantitative estimate of drug-likeness (QED) is 0.589. The van der Waals surface area contributed by atoms with Gasteiger partial charge in [-0.25, -0.2) is 0 Å². The summed E-state index contributed by atoms with van der Waals surface area (Å²) in [6.07, 6.45) is 0.376. The molecule has 0 aliphatic heterocycles. The number of hydrogen-bond acceptors (Lipinski definition) is 5. The number of ketones is 1. The monoisotopic (exact) mass is 276 g/mol. The van der Waals surface area contributed by atoms with E-state index in [1.54, 1.807) is 0 Å². The third kappa shape index (κ3) is 4.90. The first kappa shape index (κ1) is 16.0. The zero-order valence-electron chi connectivity index (χ0n) is 11.8. The van der Waals surface area contributed by atoms with Gasteiger partial charge in [-0.15, -0.1) is 0 Å². The number of phenols is 2. The number of nitriles is 1. The molecule has 0 radical (unpaired) electrons. The summed E-state index contributed by atoms with van der Waals surface area (Å²) in [6.45, 7) is 5.58. The summed E-state index contributed by atoms with van der Waals surface area (Å²) in [7, 11) is 0. The van der Waals surface area contributed by atoms with E-state index in [1.807, 2.05) is 4.90 Å². The maximum absolute atomic E-state index is 12.1. The second-order valence-corrected chi connectivity index (χ2v) is 5.16. The summed E-state index contributed by atoms with van der Waals surface area (Å²) >= 11 is 0. The predicted molar refractivity (Wildman–Crippen MR) is 75.6 cm³/mol. The van der Waals surface area contributed by atoms with Crippen molar-refractivity contribution in [2.75, 3.05) is 19.6 Å². The summed E-state index contributed by atoms with van der Waals surface area (Å²) in [5, 5.41) is 27.3. The third-order valence-electron chi connectivity index (χ3n) is 2.83. The van der Waals surface area contributed by atoms with Crippen molar-refractivity contribution < 1.29 is 15.0 Å². The largest absolute Gasteiger partial charge is 0.504 e. The van der Waals surface area contributed by atoms with Gasteiger partial charge in [-0.3, -0.25) is 9.69 Å². The van der Waals surface area contributed by atoms with Crippen LogP contribution in [-0.4, -0.2) is 40.5 Å². The van der Waals surface area contributed by atoms with Crippen LogP contribution in [0, 0.1) is 17.2 Å². The number of carbonyl (C=O) groups is 1. The van der Waals surface area contributed by atoms with Crippen molar-refractivity contribution >= 4 is 5.78 Å². The van der Waals surface area contributed by atoms with Crippen LogP contribution in [0.5, 0.6) is 11.5 Å². The Kier molecular flexibility index (Phi) is 6.01. The molecule has 2 N–H and O–H groups in total. The lowest BCUT2D eigenvalue weighted by Crippen LogP contribution is -2.33. The Morgan fingerprint density at radius 3 is 2.60 bits per heavy atom. The maximum Gasteiger partial charge on any atom is 0.176 e. The molecule has 20 heavy (non-hydrogen) atoms. The number of carbonyl (C=O) groups excluding carboxylic acids is 1. The van der Waals surface area contributed by atoms with Crippen molar-refractivity contribution in [2.24, 2.45) is 5.92 Å². The summed E-state index contributed by atoms with van der Waals surface area (Å²) in [6, 6.07) is 6.11. The molecule has 0 aliphatic rings. The van der Waals surface area contributed by atoms with Gasteiger partial charge in [0.15, 0.2) is 17.3 Å². The van der Waals surface area contributed by atoms with Crippen LogP contribution in [0.4, 0.5) is 0 Å². The van der Waals surface area contributed by atoms with Crippen LogP contribution in [0.2, 0.25) is 0 Å². The predicted octanol–water partition coefficient (Wildman–Crippen LogP) is 2.15. The molecule has 0 heterocycles. The molecule has 108 valence electrons. The second-order valence-electron chi connectivity index (χ2n) is 5.16. The first-order valence-corrected chi connectivity index (χ1v) is 6.58. The zero-order valence-corrected chi connectivity index (χ0v) is 11.8. The molecule has 5 heteroatoms. The minimum atomic E-state index is -0.303. The highest BCUT2D eigenvalue weighted by atomic mass is 16.3. The molecule has 1 rings (SSSR count). The summed E-state index contributed by atoms with van der Waals surface area (Å²) in [5.41, 5.74) is 0.353. The fourth-order valence-electron chi connectivity index (χ4n) is 1.95. The van der Waals surface area contributed by atoms with Crippen LogP contribution >= 0.6 is 0 Å². The molecule has 0 saturated carbocycles. The van der Waals surface area contributed by atoms with Gasteiger partial charge in [0, 0.05) is 25.1 Å². The highest BCUT2D eigenvalue weighted by molar-refractivity contribution is 5.98. The molecule has 0 atom stereocenters. The Labute approximate surface area is 119 Å². The first-order chi connectivity index (χ1) is 9.43. The van der Waals surface area contributed by atoms with E-state index in [-0.39, 0.29) is 23.8 Å². The Hall–Kier alpha value is -2.06. The standard InChI is InChI=1S/C15H20N2O3/c1-11(2)9-17(7-3-6-16)10-15(20)12-4-5-13(18)14(19)8-12/h4-5,8,11,18-19H,3,7,9-10H2,1-2H3. The van der Waals surface area contributed by atoms with Crippen LogP contribution in [0.3, 0.4) is 0 Å². The highest BCUT2D eigenvalue weighted by Crippen LogP contribution is 2.25. The van der Waals surface area contributed by atoms with E-state index < -0.39 is 0 Å². The van der Waals surface area contributed by atoms with Gasteiger partial charge < -0.3 is 10.2 Å². The van der Waals surface area contributed by atoms with E-state index in [4.69, 9.17) is 5.26 Å². The maximum atomic E-state index is 12.1. The van der Waals surface area contributed by atoms with Gasteiger partial charge in [0.1, 0.15) is 0 Å². The Balaban J connectivity index is 2.73. The molecule has 1 aromatic carbocycles. The number of nitrogens with zero attached hydrogens (tertiary/aromatic N) is 2. The molecule has 0 bridgehead atoms. The van der Waals surface area contributed by atoms with E-state index in [9.17, 15) is 15.0 Å². The van der Waals surface area contributed by atoms with Gasteiger partial charge in [-0.2, -0.15) is 5.26 Å². The van der Waals surface area contributed by atoms with Crippen molar-refractivity contribution in [3.05, 3.63) is 23.8 Å². The minimum absolute atomic E-state index is 0.140. The molecule has 5 nitrogen and oxygen atoms in total. The van der Waals surface area contributed by atoms with Crippen molar-refractivity contribution in [1.29, 1.82) is 5.26 Å². The number of phenolic OH excluding ortho intramolecular Hbond substituents is 2. The van der Waals surface area contributed by atoms with Crippen LogP contribution in [-0.2, 0) is 0 Å². The molecule has 0 amide bonds. The molecule has 0 fully saturated rings. The van der Waals surface area contributed by atoms with Gasteiger partial charge >= 0.3 is 0 Å². The van der Waals surface area contributed by atoms with E-state index in [0.29, 0.717) is 24.4 Å². The minimum Gasteiger partial charge on any atom is -0.504 e. The lowest BCUT2D eigenvalue weighted by atomic mass is 10.1. The normalized spacial score (nSPS) is 10.8. The van der Waals surface area contributed by atoms with Gasteiger partial charge in [0.2, 0.25) is 0 Å². The lowest BCUT2D eigenvalue weighted by Gasteiger charge is -2.22. The van der Waals surface area contributed by atoms with Gasteiger partial charge in [0.05, 0.1) is 12.6 Å². The molecule has 0 saturated heterocycles. The Morgan fingerprint density at radius 1 is 1.35 bits per heavy atom. The lowest BCUT2D eigenvalue weighted by molar-refractivity contribution is 0.0923. The highest BCUT2D eigenvalue weighted by Gasteiger charge is 2.15. The number of hydrogen-bond donors (Lipinski definition) is 2. The number of Topliss-reactive ketones (excluding diaryl/α,β-unsaturated/α-hetero) is 1. The van der Waals surface area contributed by atoms with Crippen LogP contribution < -0.4 is 0 Å². The van der Waals surface area contributed by atoms with E-state index in [2.05, 4.69) is 19.9 Å². The fraction of sp³-hybridized carbons (Fsp3) is 0.467. The average Bonchev–Trinajstić information content (AvgIpc) is 2.38. The summed E-state index contributed by atoms with van der Waals surface area (Å²) in [5.74, 6) is -0.290. The molecule has 1 aromatic rings. The van der Waals surface area contributed by atoms with Crippen LogP contribution in [0.25, 0.3) is 0 Å². The fourth-order valence-corrected chi connectivity index (χ4v) is 1.95. The Morgan fingerprint density at radius 2 is 2.05 bits per heavy atom. The topological polar surface area (TPSA) is 84.6 Å². The molecule has 0 aromatic heterocycles. The number of aromatic hydroxyl groups is 2. The SMILES string of the molecule is CC(C)CN(CCC#N)CC(=O)c1ccc(O)c(O)c1. The van der Waals surface area contributed by atoms with Gasteiger partial charge in [-0.05, 0) is 24.1 Å². The van der Waals surface area contributed by atoms with Gasteiger partial charge in [0.25, 0.3) is 0 Å². The van der Waals surface area contributed by atoms with Crippen molar-refractivity contribution in [3.8, 4) is 17.6 Å². The molecular weight excluding hydrogens is 256 g/mol. The summed E-state index contributed by atoms with van der Waals surface area (Å²) in [4.78, 5) is 14.1. The Bertz CT molecular complexity index is 506. The molecule has 0 spiro atoms. The van der Waals surface area contributed by atoms with Crippen molar-refractivity contribution in [3.63, 3.8) is 0 Å². The average molecular weight is 276 g/mol. The van der Waals surface area contributed by atoms with E-state index in [0.717, 1.165) is 6.54 Å². The third-order valence-corrected chi connectivity index (χ3v) is 2.83. The zero-order chi connectivity index (χ0) is 15.1. The van der Waals surface area contributed by atoms with Crippen molar-refractivity contribution in [1.82, 2.24) is 4.90 Å². The molecular formula is C15H20N2O3. The van der Waals surface area contributed by atoms with Crippen molar-refractivity contribution in [2.45, 2.75) is 20.3 Å². The first-order valence-electron chi connectivity index (χ1n) is 6.58. The van der Waals surface area contributed by atoms with E-state index in [1.165, 1.54) is 18.2 Å². The summed E-state index contributed by atoms with van der Waals surface area (Å²) < 4.78 is 0. The number of rotatable bonds is 7. The van der Waals surface area contributed by atoms with Crippen LogP contribution in [0.15, 0.2) is 18.2 Å². The van der Waals surface area contributed by atoms with E-state index >= 15 is 0 Å². The molecule has 0 aliphatic carbocycles.